The van der Waals surface area contributed by atoms with Gasteiger partial charge in [0.2, 0.25) is 11.8 Å². The van der Waals surface area contributed by atoms with Crippen molar-refractivity contribution in [3.63, 3.8) is 0 Å². The highest BCUT2D eigenvalue weighted by Crippen LogP contribution is 2.30. The van der Waals surface area contributed by atoms with E-state index in [0.29, 0.717) is 27.8 Å². The molecule has 1 amide bonds. The van der Waals surface area contributed by atoms with Crippen LogP contribution in [0.25, 0.3) is 11.5 Å². The summed E-state index contributed by atoms with van der Waals surface area (Å²) < 4.78 is 11.2. The van der Waals surface area contributed by atoms with Crippen LogP contribution in [0.3, 0.4) is 0 Å². The van der Waals surface area contributed by atoms with Gasteiger partial charge in [-0.3, -0.25) is 4.79 Å². The highest BCUT2D eigenvalue weighted by Gasteiger charge is 2.26. The van der Waals surface area contributed by atoms with Gasteiger partial charge in [-0.25, -0.2) is 0 Å². The Bertz CT molecular complexity index is 1160. The molecule has 0 aliphatic rings. The normalized spacial score (nSPS) is 11.7. The van der Waals surface area contributed by atoms with Gasteiger partial charge in [-0.15, -0.1) is 10.2 Å². The minimum atomic E-state index is -0.735. The number of nitrogens with one attached hydrogen (secondary N) is 1. The topological polar surface area (TPSA) is 77.2 Å². The molecule has 4 rings (SSSR count). The van der Waals surface area contributed by atoms with E-state index in [-0.39, 0.29) is 11.8 Å². The number of carbonyl (C=O) groups is 1. The maximum atomic E-state index is 13.0. The van der Waals surface area contributed by atoms with Gasteiger partial charge in [0.25, 0.3) is 5.91 Å². The van der Waals surface area contributed by atoms with Gasteiger partial charge in [-0.05, 0) is 30.3 Å². The zero-order chi connectivity index (χ0) is 20.9. The Balaban J connectivity index is 1.72. The number of halogens is 1. The monoisotopic (exact) mass is 419 g/mol. The number of para-hydroxylation sites is 1. The first-order valence-corrected chi connectivity index (χ1v) is 9.62. The van der Waals surface area contributed by atoms with Crippen LogP contribution in [0.2, 0.25) is 5.02 Å². The fourth-order valence-electron chi connectivity index (χ4n) is 3.07. The Labute approximate surface area is 178 Å². The maximum absolute atomic E-state index is 13.0. The minimum Gasteiger partial charge on any atom is -0.496 e. The van der Waals surface area contributed by atoms with Crippen molar-refractivity contribution in [2.75, 3.05) is 7.11 Å². The minimum absolute atomic E-state index is 0.227. The second-order valence-electron chi connectivity index (χ2n) is 6.44. The third kappa shape index (κ3) is 4.04. The van der Waals surface area contributed by atoms with Crippen LogP contribution in [0.15, 0.2) is 83.3 Å². The van der Waals surface area contributed by atoms with E-state index in [1.807, 2.05) is 48.5 Å². The van der Waals surface area contributed by atoms with Crippen molar-refractivity contribution in [3.8, 4) is 17.2 Å². The third-order valence-electron chi connectivity index (χ3n) is 4.55. The zero-order valence-corrected chi connectivity index (χ0v) is 16.8. The summed E-state index contributed by atoms with van der Waals surface area (Å²) in [6, 6.07) is 22.8. The van der Waals surface area contributed by atoms with E-state index >= 15 is 0 Å². The Kier molecular flexibility index (Phi) is 5.77. The molecule has 3 aromatic carbocycles. The summed E-state index contributed by atoms with van der Waals surface area (Å²) in [6.07, 6.45) is 0. The first kappa shape index (κ1) is 19.7. The molecule has 7 heteroatoms. The van der Waals surface area contributed by atoms with Crippen LogP contribution < -0.4 is 10.1 Å². The van der Waals surface area contributed by atoms with Crippen LogP contribution in [-0.4, -0.2) is 23.2 Å². The lowest BCUT2D eigenvalue weighted by atomic mass is 10.1. The highest BCUT2D eigenvalue weighted by molar-refractivity contribution is 6.31. The van der Waals surface area contributed by atoms with Crippen molar-refractivity contribution in [3.05, 3.63) is 101 Å². The second kappa shape index (κ2) is 8.80. The van der Waals surface area contributed by atoms with Crippen LogP contribution >= 0.6 is 11.6 Å². The van der Waals surface area contributed by atoms with Crippen molar-refractivity contribution in [2.45, 2.75) is 6.04 Å². The summed E-state index contributed by atoms with van der Waals surface area (Å²) in [5.41, 5.74) is 1.82. The van der Waals surface area contributed by atoms with Crippen LogP contribution in [0.4, 0.5) is 0 Å². The van der Waals surface area contributed by atoms with Gasteiger partial charge >= 0.3 is 0 Å². The number of amides is 1. The molecule has 0 aliphatic heterocycles. The average molecular weight is 420 g/mol. The van der Waals surface area contributed by atoms with Crippen molar-refractivity contribution in [2.24, 2.45) is 0 Å². The van der Waals surface area contributed by atoms with Crippen molar-refractivity contribution in [1.29, 1.82) is 0 Å². The molecule has 0 unspecified atom stereocenters. The van der Waals surface area contributed by atoms with Crippen molar-refractivity contribution >= 4 is 17.5 Å². The molecule has 6 nitrogen and oxygen atoms in total. The molecule has 4 aromatic rings. The van der Waals surface area contributed by atoms with Gasteiger partial charge in [0, 0.05) is 16.1 Å². The van der Waals surface area contributed by atoms with E-state index in [1.54, 1.807) is 30.3 Å². The van der Waals surface area contributed by atoms with Gasteiger partial charge in [-0.2, -0.15) is 0 Å². The Hall–Kier alpha value is -3.64. The number of hydrogen-bond donors (Lipinski definition) is 1. The average Bonchev–Trinajstić information content (AvgIpc) is 3.28. The van der Waals surface area contributed by atoms with Crippen molar-refractivity contribution < 1.29 is 13.9 Å². The summed E-state index contributed by atoms with van der Waals surface area (Å²) in [5.74, 6) is 0.694. The number of rotatable bonds is 6. The molecule has 1 atom stereocenters. The quantitative estimate of drug-likeness (QED) is 0.480. The van der Waals surface area contributed by atoms with E-state index in [9.17, 15) is 4.79 Å². The lowest BCUT2D eigenvalue weighted by molar-refractivity contribution is 0.0935. The maximum Gasteiger partial charge on any atom is 0.255 e. The smallest absolute Gasteiger partial charge is 0.255 e. The molecular formula is C23H18ClN3O3. The molecule has 1 aromatic heterocycles. The predicted molar refractivity (Wildman–Crippen MR) is 113 cm³/mol. The Morgan fingerprint density at radius 1 is 0.967 bits per heavy atom. The van der Waals surface area contributed by atoms with Gasteiger partial charge in [0.15, 0.2) is 0 Å². The lowest BCUT2D eigenvalue weighted by Gasteiger charge is -2.18. The summed E-state index contributed by atoms with van der Waals surface area (Å²) >= 11 is 6.41. The van der Waals surface area contributed by atoms with E-state index in [1.165, 1.54) is 7.11 Å². The molecule has 0 radical (unpaired) electrons. The molecule has 0 saturated carbocycles. The van der Waals surface area contributed by atoms with Gasteiger partial charge in [0.1, 0.15) is 11.8 Å². The molecule has 0 spiro atoms. The number of benzene rings is 3. The standard InChI is InChI=1S/C23H18ClN3O3/c1-29-19-14-8-6-12-17(19)21(28)25-20(16-11-5-7-13-18(16)24)23-27-26-22(30-23)15-9-3-2-4-10-15/h2-14,20H,1H3,(H,25,28)/t20-/m1/s1. The molecule has 30 heavy (non-hydrogen) atoms. The fourth-order valence-corrected chi connectivity index (χ4v) is 3.32. The molecule has 0 bridgehead atoms. The first-order chi connectivity index (χ1) is 14.7. The molecule has 0 saturated heterocycles. The van der Waals surface area contributed by atoms with E-state index in [4.69, 9.17) is 20.8 Å². The Morgan fingerprint density at radius 3 is 2.43 bits per heavy atom. The predicted octanol–water partition coefficient (Wildman–Crippen LogP) is 4.92. The molecule has 1 heterocycles. The van der Waals surface area contributed by atoms with Crippen LogP contribution in [-0.2, 0) is 0 Å². The Morgan fingerprint density at radius 2 is 1.67 bits per heavy atom. The third-order valence-corrected chi connectivity index (χ3v) is 4.90. The number of ether oxygens (including phenoxy) is 1. The van der Waals surface area contributed by atoms with Crippen LogP contribution in [0.1, 0.15) is 27.9 Å². The lowest BCUT2D eigenvalue weighted by Crippen LogP contribution is -2.30. The zero-order valence-electron chi connectivity index (χ0n) is 16.1. The van der Waals surface area contributed by atoms with Crippen LogP contribution in [0.5, 0.6) is 5.75 Å². The van der Waals surface area contributed by atoms with Crippen molar-refractivity contribution in [1.82, 2.24) is 15.5 Å². The number of methoxy groups -OCH3 is 1. The number of aromatic nitrogens is 2. The number of hydrogen-bond acceptors (Lipinski definition) is 5. The van der Waals surface area contributed by atoms with Gasteiger partial charge < -0.3 is 14.5 Å². The molecule has 0 fully saturated rings. The van der Waals surface area contributed by atoms with E-state index < -0.39 is 6.04 Å². The SMILES string of the molecule is COc1ccccc1C(=O)N[C@@H](c1nnc(-c2ccccc2)o1)c1ccccc1Cl. The van der Waals surface area contributed by atoms with Gasteiger partial charge in [0.05, 0.1) is 12.7 Å². The second-order valence-corrected chi connectivity index (χ2v) is 6.85. The molecule has 150 valence electrons. The first-order valence-electron chi connectivity index (χ1n) is 9.24. The number of nitrogens with zero attached hydrogens (tertiary/aromatic N) is 2. The van der Waals surface area contributed by atoms with E-state index in [2.05, 4.69) is 15.5 Å². The van der Waals surface area contributed by atoms with Crippen LogP contribution in [0, 0.1) is 0 Å². The number of carbonyl (C=O) groups excluding carboxylic acids is 1. The molecule has 1 N–H and O–H groups in total. The highest BCUT2D eigenvalue weighted by atomic mass is 35.5. The summed E-state index contributed by atoms with van der Waals surface area (Å²) in [4.78, 5) is 13.0. The van der Waals surface area contributed by atoms with E-state index in [0.717, 1.165) is 5.56 Å². The largest absolute Gasteiger partial charge is 0.496 e. The molecular weight excluding hydrogens is 402 g/mol. The summed E-state index contributed by atoms with van der Waals surface area (Å²) in [5, 5.41) is 11.7. The fraction of sp³-hybridized carbons (Fsp3) is 0.0870. The molecule has 0 aliphatic carbocycles. The summed E-state index contributed by atoms with van der Waals surface area (Å²) in [7, 11) is 1.52. The van der Waals surface area contributed by atoms with Gasteiger partial charge in [-0.1, -0.05) is 60.1 Å². The summed E-state index contributed by atoms with van der Waals surface area (Å²) in [6.45, 7) is 0.